The molecule has 0 unspecified atom stereocenters. The summed E-state index contributed by atoms with van der Waals surface area (Å²) in [6.45, 7) is 5.62. The zero-order chi connectivity index (χ0) is 21.7. The first-order chi connectivity index (χ1) is 14.1. The molecule has 0 bridgehead atoms. The number of hydrogen-bond donors (Lipinski definition) is 1. The smallest absolute Gasteiger partial charge is 0.285 e. The van der Waals surface area contributed by atoms with Gasteiger partial charge >= 0.3 is 0 Å². The van der Waals surface area contributed by atoms with Crippen molar-refractivity contribution in [3.05, 3.63) is 40.6 Å². The van der Waals surface area contributed by atoms with Crippen molar-refractivity contribution in [1.82, 2.24) is 19.9 Å². The van der Waals surface area contributed by atoms with Gasteiger partial charge in [0.25, 0.3) is 11.8 Å². The molecule has 3 aromatic rings. The summed E-state index contributed by atoms with van der Waals surface area (Å²) < 4.78 is 35.7. The first-order valence-electron chi connectivity index (χ1n) is 10.3. The van der Waals surface area contributed by atoms with Gasteiger partial charge in [0.1, 0.15) is 0 Å². The molecule has 1 aliphatic rings. The van der Waals surface area contributed by atoms with Crippen LogP contribution in [0, 0.1) is 5.41 Å². The summed E-state index contributed by atoms with van der Waals surface area (Å²) in [5.41, 5.74) is 9.65. The normalized spacial score (nSPS) is 16.0. The van der Waals surface area contributed by atoms with E-state index >= 15 is 0 Å². The summed E-state index contributed by atoms with van der Waals surface area (Å²) in [4.78, 5) is 4.53. The molecular formula is C22H27F2N5O. The van der Waals surface area contributed by atoms with Crippen molar-refractivity contribution >= 4 is 0 Å². The Morgan fingerprint density at radius 2 is 2.07 bits per heavy atom. The maximum absolute atomic E-state index is 14.1. The molecule has 2 N–H and O–H groups in total. The average molecular weight is 415 g/mol. The van der Waals surface area contributed by atoms with Gasteiger partial charge in [0.2, 0.25) is 5.82 Å². The van der Waals surface area contributed by atoms with Gasteiger partial charge in [-0.25, -0.2) is 0 Å². The highest BCUT2D eigenvalue weighted by molar-refractivity contribution is 5.62. The van der Waals surface area contributed by atoms with Gasteiger partial charge in [-0.15, -0.1) is 0 Å². The van der Waals surface area contributed by atoms with Gasteiger partial charge in [-0.05, 0) is 42.7 Å². The molecule has 0 fully saturated rings. The standard InChI is InChI=1S/C22H27F2N5O/c1-5-13-10-14(6-7-16(13)22(23,24)12-25)19-26-20(30-28-19)18-15-8-9-21(2,3)11-17(15)29(4)27-18/h6-7,10H,5,8-9,11-12,25H2,1-4H3. The summed E-state index contributed by atoms with van der Waals surface area (Å²) in [5.74, 6) is -2.35. The number of fused-ring (bicyclic) bond motifs is 1. The molecule has 0 saturated carbocycles. The fourth-order valence-electron chi connectivity index (χ4n) is 4.19. The number of aromatic nitrogens is 4. The number of aryl methyl sites for hydroxylation is 2. The van der Waals surface area contributed by atoms with Gasteiger partial charge in [-0.1, -0.05) is 38.1 Å². The average Bonchev–Trinajstić information content (AvgIpc) is 3.32. The molecule has 2 aromatic heterocycles. The molecule has 2 heterocycles. The number of halogens is 2. The van der Waals surface area contributed by atoms with Gasteiger partial charge in [0.05, 0.1) is 6.54 Å². The van der Waals surface area contributed by atoms with Crippen LogP contribution in [0.3, 0.4) is 0 Å². The van der Waals surface area contributed by atoms with Crippen molar-refractivity contribution in [3.8, 4) is 23.0 Å². The van der Waals surface area contributed by atoms with Gasteiger partial charge in [0, 0.05) is 29.4 Å². The van der Waals surface area contributed by atoms with Gasteiger partial charge in [0.15, 0.2) is 5.69 Å². The minimum absolute atomic E-state index is 0.0543. The Morgan fingerprint density at radius 1 is 1.30 bits per heavy atom. The Labute approximate surface area is 174 Å². The highest BCUT2D eigenvalue weighted by Crippen LogP contribution is 2.39. The number of hydrogen-bond acceptors (Lipinski definition) is 5. The third kappa shape index (κ3) is 3.53. The van der Waals surface area contributed by atoms with Crippen LogP contribution in [0.5, 0.6) is 0 Å². The summed E-state index contributed by atoms with van der Waals surface area (Å²) in [6.07, 6.45) is 3.37. The van der Waals surface area contributed by atoms with Crippen LogP contribution in [0.4, 0.5) is 8.78 Å². The van der Waals surface area contributed by atoms with Crippen LogP contribution in [0.2, 0.25) is 0 Å². The molecule has 0 amide bonds. The number of rotatable bonds is 5. The van der Waals surface area contributed by atoms with Crippen molar-refractivity contribution in [2.75, 3.05) is 6.54 Å². The van der Waals surface area contributed by atoms with Crippen LogP contribution >= 0.6 is 0 Å². The van der Waals surface area contributed by atoms with Crippen molar-refractivity contribution in [2.45, 2.75) is 52.4 Å². The molecule has 0 radical (unpaired) electrons. The molecule has 0 saturated heterocycles. The molecule has 0 spiro atoms. The zero-order valence-electron chi connectivity index (χ0n) is 17.8. The monoisotopic (exact) mass is 415 g/mol. The van der Waals surface area contributed by atoms with Crippen LogP contribution in [-0.2, 0) is 32.2 Å². The maximum Gasteiger partial charge on any atom is 0.285 e. The topological polar surface area (TPSA) is 82.8 Å². The third-order valence-corrected chi connectivity index (χ3v) is 6.00. The molecule has 6 nitrogen and oxygen atoms in total. The fourth-order valence-corrected chi connectivity index (χ4v) is 4.19. The number of nitrogens with zero attached hydrogens (tertiary/aromatic N) is 4. The van der Waals surface area contributed by atoms with Crippen LogP contribution in [0.15, 0.2) is 22.7 Å². The molecule has 4 rings (SSSR count). The Hall–Kier alpha value is -2.61. The highest BCUT2D eigenvalue weighted by Gasteiger charge is 2.33. The second-order valence-corrected chi connectivity index (χ2v) is 8.80. The highest BCUT2D eigenvalue weighted by atomic mass is 19.3. The lowest BCUT2D eigenvalue weighted by molar-refractivity contribution is 0.00511. The molecule has 30 heavy (non-hydrogen) atoms. The summed E-state index contributed by atoms with van der Waals surface area (Å²) in [5, 5.41) is 8.72. The van der Waals surface area contributed by atoms with Gasteiger partial charge < -0.3 is 10.3 Å². The summed E-state index contributed by atoms with van der Waals surface area (Å²) in [7, 11) is 1.94. The Bertz CT molecular complexity index is 1080. The van der Waals surface area contributed by atoms with E-state index < -0.39 is 12.5 Å². The lowest BCUT2D eigenvalue weighted by Gasteiger charge is -2.29. The summed E-state index contributed by atoms with van der Waals surface area (Å²) >= 11 is 0. The Kier molecular flexibility index (Phi) is 5.00. The first kappa shape index (κ1) is 20.7. The maximum atomic E-state index is 14.1. The second-order valence-electron chi connectivity index (χ2n) is 8.80. The molecule has 1 aliphatic carbocycles. The number of benzene rings is 1. The van der Waals surface area contributed by atoms with Crippen molar-refractivity contribution < 1.29 is 13.3 Å². The minimum Gasteiger partial charge on any atom is -0.332 e. The predicted octanol–water partition coefficient (Wildman–Crippen LogP) is 4.26. The Morgan fingerprint density at radius 3 is 2.77 bits per heavy atom. The van der Waals surface area contributed by atoms with Gasteiger partial charge in [-0.2, -0.15) is 18.9 Å². The second kappa shape index (κ2) is 7.27. The fraction of sp³-hybridized carbons (Fsp3) is 0.500. The third-order valence-electron chi connectivity index (χ3n) is 6.00. The largest absolute Gasteiger partial charge is 0.332 e. The predicted molar refractivity (Wildman–Crippen MR) is 110 cm³/mol. The zero-order valence-corrected chi connectivity index (χ0v) is 17.8. The molecule has 0 aliphatic heterocycles. The van der Waals surface area contributed by atoms with Crippen LogP contribution in [-0.4, -0.2) is 26.5 Å². The van der Waals surface area contributed by atoms with E-state index in [0.717, 1.165) is 24.8 Å². The van der Waals surface area contributed by atoms with E-state index in [9.17, 15) is 8.78 Å². The van der Waals surface area contributed by atoms with E-state index in [-0.39, 0.29) is 11.0 Å². The SMILES string of the molecule is CCc1cc(-c2noc(-c3nn(C)c4c3CCC(C)(C)C4)n2)ccc1C(F)(F)CN. The van der Waals surface area contributed by atoms with Gasteiger partial charge in [-0.3, -0.25) is 4.68 Å². The van der Waals surface area contributed by atoms with Crippen molar-refractivity contribution in [2.24, 2.45) is 18.2 Å². The van der Waals surface area contributed by atoms with E-state index in [2.05, 4.69) is 29.1 Å². The summed E-state index contributed by atoms with van der Waals surface area (Å²) in [6, 6.07) is 4.68. The first-order valence-corrected chi connectivity index (χ1v) is 10.3. The van der Waals surface area contributed by atoms with Crippen molar-refractivity contribution in [1.29, 1.82) is 0 Å². The lowest BCUT2D eigenvalue weighted by atomic mass is 9.76. The molecule has 0 atom stereocenters. The Balaban J connectivity index is 1.70. The van der Waals surface area contributed by atoms with E-state index in [0.29, 0.717) is 35.0 Å². The van der Waals surface area contributed by atoms with E-state index in [4.69, 9.17) is 10.3 Å². The van der Waals surface area contributed by atoms with Crippen LogP contribution in [0.25, 0.3) is 23.0 Å². The van der Waals surface area contributed by atoms with Crippen LogP contribution < -0.4 is 5.73 Å². The molecule has 160 valence electrons. The quantitative estimate of drug-likeness (QED) is 0.673. The van der Waals surface area contributed by atoms with E-state index in [1.807, 2.05) is 18.7 Å². The van der Waals surface area contributed by atoms with Crippen molar-refractivity contribution in [3.63, 3.8) is 0 Å². The minimum atomic E-state index is -3.06. The molecular weight excluding hydrogens is 388 g/mol. The molecule has 8 heteroatoms. The lowest BCUT2D eigenvalue weighted by Crippen LogP contribution is -2.26. The molecule has 1 aromatic carbocycles. The van der Waals surface area contributed by atoms with E-state index in [1.165, 1.54) is 11.8 Å². The van der Waals surface area contributed by atoms with E-state index in [1.54, 1.807) is 12.1 Å². The number of nitrogens with two attached hydrogens (primary N) is 1. The number of alkyl halides is 2. The van der Waals surface area contributed by atoms with Crippen LogP contribution in [0.1, 0.15) is 49.6 Å².